The normalized spacial score (nSPS) is 9.86. The number of ketones is 1. The molecule has 0 fully saturated rings. The van der Waals surface area contributed by atoms with Gasteiger partial charge in [-0.15, -0.1) is 0 Å². The summed E-state index contributed by atoms with van der Waals surface area (Å²) < 4.78 is 0. The van der Waals surface area contributed by atoms with Crippen LogP contribution in [-0.4, -0.2) is 35.2 Å². The number of nitrogens with zero attached hydrogens (tertiary/aromatic N) is 3. The Kier molecular flexibility index (Phi) is 4.64. The van der Waals surface area contributed by atoms with Crippen molar-refractivity contribution < 1.29 is 9.59 Å². The third-order valence-corrected chi connectivity index (χ3v) is 3.26. The van der Waals surface area contributed by atoms with Crippen molar-refractivity contribution in [2.45, 2.75) is 6.92 Å². The van der Waals surface area contributed by atoms with Gasteiger partial charge in [0.2, 0.25) is 0 Å². The van der Waals surface area contributed by atoms with Crippen molar-refractivity contribution in [3.63, 3.8) is 0 Å². The van der Waals surface area contributed by atoms with Crippen LogP contribution in [0.5, 0.6) is 0 Å². The first-order valence-corrected chi connectivity index (χ1v) is 6.72. The second kappa shape index (κ2) is 6.64. The van der Waals surface area contributed by atoms with Crippen LogP contribution in [0.2, 0.25) is 0 Å². The van der Waals surface area contributed by atoms with E-state index in [9.17, 15) is 9.59 Å². The number of rotatable bonds is 4. The van der Waals surface area contributed by atoms with Gasteiger partial charge in [0, 0.05) is 30.6 Å². The van der Waals surface area contributed by atoms with Crippen LogP contribution in [0.3, 0.4) is 0 Å². The number of aryl methyl sites for hydroxylation is 1. The molecule has 0 N–H and O–H groups in total. The quantitative estimate of drug-likeness (QED) is 0.640. The molecule has 0 aliphatic heterocycles. The highest BCUT2D eigenvalue weighted by Gasteiger charge is 2.20. The van der Waals surface area contributed by atoms with Crippen molar-refractivity contribution in [2.24, 2.45) is 0 Å². The summed E-state index contributed by atoms with van der Waals surface area (Å²) in [5.41, 5.74) is 2.05. The zero-order valence-corrected chi connectivity index (χ0v) is 12.4. The Bertz CT molecular complexity index is 745. The van der Waals surface area contributed by atoms with Crippen LogP contribution in [0, 0.1) is 18.3 Å². The first-order valence-electron chi connectivity index (χ1n) is 6.72. The fourth-order valence-electron chi connectivity index (χ4n) is 2.01. The van der Waals surface area contributed by atoms with Crippen LogP contribution in [0.15, 0.2) is 42.7 Å². The summed E-state index contributed by atoms with van der Waals surface area (Å²) >= 11 is 0. The number of amides is 1. The van der Waals surface area contributed by atoms with Crippen molar-refractivity contribution in [3.05, 3.63) is 65.0 Å². The molecule has 22 heavy (non-hydrogen) atoms. The summed E-state index contributed by atoms with van der Waals surface area (Å²) in [6.07, 6.45) is 2.83. The van der Waals surface area contributed by atoms with E-state index in [1.54, 1.807) is 12.1 Å². The van der Waals surface area contributed by atoms with E-state index in [0.717, 1.165) is 5.56 Å². The average molecular weight is 293 g/mol. The topological polar surface area (TPSA) is 74.1 Å². The highest BCUT2D eigenvalue weighted by molar-refractivity contribution is 6.15. The Hall–Kier alpha value is -3.00. The molecule has 110 valence electrons. The maximum atomic E-state index is 12.6. The lowest BCUT2D eigenvalue weighted by atomic mass is 9.99. The Labute approximate surface area is 128 Å². The summed E-state index contributed by atoms with van der Waals surface area (Å²) in [6, 6.07) is 10.6. The molecule has 1 aromatic heterocycles. The largest absolute Gasteiger partial charge is 0.328 e. The molecular formula is C17H15N3O2. The van der Waals surface area contributed by atoms with E-state index in [1.165, 1.54) is 30.4 Å². The summed E-state index contributed by atoms with van der Waals surface area (Å²) in [5, 5.41) is 8.69. The molecule has 1 amide bonds. The van der Waals surface area contributed by atoms with Crippen LogP contribution in [0.1, 0.15) is 31.8 Å². The average Bonchev–Trinajstić information content (AvgIpc) is 2.54. The number of aromatic nitrogens is 1. The number of hydrogen-bond acceptors (Lipinski definition) is 4. The summed E-state index contributed by atoms with van der Waals surface area (Å²) in [7, 11) is 1.51. The predicted molar refractivity (Wildman–Crippen MR) is 81.4 cm³/mol. The summed E-state index contributed by atoms with van der Waals surface area (Å²) in [6.45, 7) is 1.89. The molecule has 0 radical (unpaired) electrons. The van der Waals surface area contributed by atoms with Gasteiger partial charge in [-0.2, -0.15) is 5.26 Å². The highest BCUT2D eigenvalue weighted by atomic mass is 16.2. The second-order valence-electron chi connectivity index (χ2n) is 4.94. The lowest BCUT2D eigenvalue weighted by Crippen LogP contribution is -2.28. The summed E-state index contributed by atoms with van der Waals surface area (Å²) in [4.78, 5) is 30.1. The van der Waals surface area contributed by atoms with E-state index in [1.807, 2.05) is 25.1 Å². The molecule has 0 saturated heterocycles. The fraction of sp³-hybridized carbons (Fsp3) is 0.176. The zero-order chi connectivity index (χ0) is 16.1. The predicted octanol–water partition coefficient (Wildman–Crippen LogP) is 2.22. The molecule has 0 saturated carbocycles. The summed E-state index contributed by atoms with van der Waals surface area (Å²) in [5.74, 6) is -0.638. The Morgan fingerprint density at radius 1 is 1.18 bits per heavy atom. The van der Waals surface area contributed by atoms with E-state index in [-0.39, 0.29) is 23.5 Å². The van der Waals surface area contributed by atoms with E-state index in [0.29, 0.717) is 5.56 Å². The number of nitriles is 1. The number of hydrogen-bond donors (Lipinski definition) is 0. The van der Waals surface area contributed by atoms with Crippen molar-refractivity contribution in [1.82, 2.24) is 9.88 Å². The Morgan fingerprint density at radius 2 is 1.86 bits per heavy atom. The molecule has 0 aliphatic carbocycles. The van der Waals surface area contributed by atoms with Gasteiger partial charge in [0.05, 0.1) is 11.6 Å². The molecule has 2 aromatic rings. The minimum atomic E-state index is -0.398. The molecule has 0 spiro atoms. The molecule has 5 heteroatoms. The molecule has 1 heterocycles. The molecule has 1 aromatic carbocycles. The van der Waals surface area contributed by atoms with Gasteiger partial charge < -0.3 is 4.90 Å². The van der Waals surface area contributed by atoms with Crippen LogP contribution < -0.4 is 0 Å². The first-order chi connectivity index (χ1) is 10.5. The fourth-order valence-corrected chi connectivity index (χ4v) is 2.01. The molecule has 2 rings (SSSR count). The minimum absolute atomic E-state index is 0.0497. The SMILES string of the molecule is Cc1ccc(C(=O)c2ccncc2C(=O)N(C)CC#N)cc1. The maximum absolute atomic E-state index is 12.6. The number of pyridine rings is 1. The Balaban J connectivity index is 2.40. The van der Waals surface area contributed by atoms with Crippen LogP contribution in [0.25, 0.3) is 0 Å². The van der Waals surface area contributed by atoms with Crippen molar-refractivity contribution in [3.8, 4) is 6.07 Å². The van der Waals surface area contributed by atoms with Gasteiger partial charge >= 0.3 is 0 Å². The van der Waals surface area contributed by atoms with Gasteiger partial charge in [-0.1, -0.05) is 29.8 Å². The van der Waals surface area contributed by atoms with Gasteiger partial charge in [-0.25, -0.2) is 0 Å². The molecule has 0 atom stereocenters. The number of carbonyl (C=O) groups is 2. The molecule has 0 bridgehead atoms. The molecular weight excluding hydrogens is 278 g/mol. The van der Waals surface area contributed by atoms with Gasteiger partial charge in [0.1, 0.15) is 6.54 Å². The molecule has 0 unspecified atom stereocenters. The van der Waals surface area contributed by atoms with E-state index >= 15 is 0 Å². The first kappa shape index (κ1) is 15.4. The smallest absolute Gasteiger partial charge is 0.256 e. The third-order valence-electron chi connectivity index (χ3n) is 3.26. The molecule has 5 nitrogen and oxygen atoms in total. The van der Waals surface area contributed by atoms with Crippen LogP contribution in [-0.2, 0) is 0 Å². The highest BCUT2D eigenvalue weighted by Crippen LogP contribution is 2.16. The van der Waals surface area contributed by atoms with Crippen molar-refractivity contribution >= 4 is 11.7 Å². The lowest BCUT2D eigenvalue weighted by molar-refractivity contribution is 0.0806. The van der Waals surface area contributed by atoms with E-state index in [4.69, 9.17) is 5.26 Å². The number of benzene rings is 1. The second-order valence-corrected chi connectivity index (χ2v) is 4.94. The third kappa shape index (κ3) is 3.18. The molecule has 0 aliphatic rings. The minimum Gasteiger partial charge on any atom is -0.328 e. The van der Waals surface area contributed by atoms with Crippen molar-refractivity contribution in [2.75, 3.05) is 13.6 Å². The van der Waals surface area contributed by atoms with Gasteiger partial charge in [0.25, 0.3) is 5.91 Å². The van der Waals surface area contributed by atoms with Crippen LogP contribution in [0.4, 0.5) is 0 Å². The zero-order valence-electron chi connectivity index (χ0n) is 12.4. The van der Waals surface area contributed by atoms with Gasteiger partial charge in [-0.3, -0.25) is 14.6 Å². The van der Waals surface area contributed by atoms with Gasteiger partial charge in [0.15, 0.2) is 5.78 Å². The monoisotopic (exact) mass is 293 g/mol. The maximum Gasteiger partial charge on any atom is 0.256 e. The van der Waals surface area contributed by atoms with E-state index < -0.39 is 5.91 Å². The number of carbonyl (C=O) groups excluding carboxylic acids is 2. The van der Waals surface area contributed by atoms with Crippen LogP contribution >= 0.6 is 0 Å². The standard InChI is InChI=1S/C17H15N3O2/c1-12-3-5-13(6-4-12)16(21)14-7-9-19-11-15(14)17(22)20(2)10-8-18/h3-7,9,11H,10H2,1-2H3. The Morgan fingerprint density at radius 3 is 2.50 bits per heavy atom. The van der Waals surface area contributed by atoms with E-state index in [2.05, 4.69) is 4.98 Å². The van der Waals surface area contributed by atoms with Crippen molar-refractivity contribution in [1.29, 1.82) is 5.26 Å². The van der Waals surface area contributed by atoms with Gasteiger partial charge in [-0.05, 0) is 13.0 Å². The lowest BCUT2D eigenvalue weighted by Gasteiger charge is -2.15.